The number of hydrogen-bond donors (Lipinski definition) is 9. The molecule has 0 radical (unpaired) electrons. The average molecular weight is 1000 g/mol. The molecule has 0 unspecified atom stereocenters. The Balaban J connectivity index is 0.00000118. The molecule has 10 N–H and O–H groups in total. The third kappa shape index (κ3) is 24.6. The van der Waals surface area contributed by atoms with Gasteiger partial charge in [0, 0.05) is 63.0 Å². The molecule has 0 spiro atoms. The Morgan fingerprint density at radius 1 is 0.535 bits per heavy atom. The smallest absolute Gasteiger partial charge is 0.325 e. The van der Waals surface area contributed by atoms with Crippen molar-refractivity contribution in [3.63, 3.8) is 0 Å². The molecule has 21 heteroatoms. The van der Waals surface area contributed by atoms with Crippen LogP contribution in [0.1, 0.15) is 135 Å². The molecular weight excluding hydrogens is 921 g/mol. The SMILES string of the molecule is CC(=O)Nc1ccc(C(C)(C)C)c(NC(=O)C(=O)N[C@@H](C)C(=O)O)c1.CCOC(OCC)[C@@H](N)CC.CCOC(OCC)[C@H](CC)NC(=O)[C@H](C)NC(=O)C(=O)Nc1cc(NC(C)=O)ccc1C(C)(C)C. The van der Waals surface area contributed by atoms with Crippen molar-refractivity contribution in [1.82, 2.24) is 16.0 Å². The van der Waals surface area contributed by atoms with Crippen LogP contribution in [0.4, 0.5) is 22.7 Å². The van der Waals surface area contributed by atoms with E-state index in [1.807, 2.05) is 83.1 Å². The van der Waals surface area contributed by atoms with Gasteiger partial charge in [-0.1, -0.05) is 67.5 Å². The number of carbonyl (C=O) groups is 8. The maximum absolute atomic E-state index is 12.7. The van der Waals surface area contributed by atoms with E-state index in [0.29, 0.717) is 55.6 Å². The predicted octanol–water partition coefficient (Wildman–Crippen LogP) is 5.27. The zero-order chi connectivity index (χ0) is 54.8. The maximum atomic E-state index is 12.7. The molecule has 0 saturated heterocycles. The summed E-state index contributed by atoms with van der Waals surface area (Å²) in [5, 5.41) is 26.5. The van der Waals surface area contributed by atoms with Crippen LogP contribution in [0.5, 0.6) is 0 Å². The summed E-state index contributed by atoms with van der Waals surface area (Å²) in [6, 6.07) is 7.52. The first kappa shape index (κ1) is 65.0. The van der Waals surface area contributed by atoms with Gasteiger partial charge in [0.1, 0.15) is 12.1 Å². The number of benzene rings is 2. The summed E-state index contributed by atoms with van der Waals surface area (Å²) in [7, 11) is 0. The van der Waals surface area contributed by atoms with E-state index in [1.165, 1.54) is 27.7 Å². The molecule has 400 valence electrons. The predicted molar refractivity (Wildman–Crippen MR) is 274 cm³/mol. The Kier molecular flexibility index (Phi) is 29.4. The van der Waals surface area contributed by atoms with Crippen molar-refractivity contribution in [3.8, 4) is 0 Å². The Labute approximate surface area is 419 Å². The first-order valence-corrected chi connectivity index (χ1v) is 23.8. The van der Waals surface area contributed by atoms with Crippen molar-refractivity contribution in [2.45, 2.75) is 171 Å². The second-order valence-corrected chi connectivity index (χ2v) is 18.2. The van der Waals surface area contributed by atoms with Crippen LogP contribution in [0.15, 0.2) is 36.4 Å². The lowest BCUT2D eigenvalue weighted by Gasteiger charge is -2.28. The van der Waals surface area contributed by atoms with Gasteiger partial charge in [0.25, 0.3) is 0 Å². The lowest BCUT2D eigenvalue weighted by molar-refractivity contribution is -0.159. The molecule has 7 amide bonds. The van der Waals surface area contributed by atoms with E-state index >= 15 is 0 Å². The Bertz CT molecular complexity index is 2060. The normalized spacial score (nSPS) is 12.8. The second kappa shape index (κ2) is 32.1. The molecule has 2 rings (SSSR count). The van der Waals surface area contributed by atoms with Gasteiger partial charge in [-0.25, -0.2) is 0 Å². The number of amides is 7. The first-order chi connectivity index (χ1) is 33.0. The number of nitrogens with one attached hydrogen (secondary N) is 7. The van der Waals surface area contributed by atoms with Crippen molar-refractivity contribution < 1.29 is 62.4 Å². The molecule has 0 fully saturated rings. The summed E-state index contributed by atoms with van der Waals surface area (Å²) in [6.07, 6.45) is 0.592. The molecule has 0 aromatic heterocycles. The summed E-state index contributed by atoms with van der Waals surface area (Å²) in [5.41, 5.74) is 8.31. The largest absolute Gasteiger partial charge is 0.480 e. The summed E-state index contributed by atoms with van der Waals surface area (Å²) in [5.74, 6) is -6.17. The van der Waals surface area contributed by atoms with Crippen molar-refractivity contribution >= 4 is 70.1 Å². The molecule has 0 saturated carbocycles. The standard InChI is InChI=1S/C25H40N4O6.C17H23N3O5.C8H19NO2/c1-9-19(24(34-10-2)35-11-3)28-21(31)15(4)26-22(32)23(33)29-20-14-17(27-16(5)30)12-13-18(20)25(6,7)8;1-9(16(24)25)18-14(22)15(23)20-13-8-11(19-10(2)21)6-7-12(13)17(3,4)5;1-4-7(9)8(10-5-2)11-6-3/h12-15,19,24H,9-11H2,1-8H3,(H,26,32)(H,27,30)(H,28,31)(H,29,33);6-9H,1-5H3,(H,18,22)(H,19,21)(H,20,23)(H,24,25);7-8H,4-6,9H2,1-3H3/t15-,19-;9-;7-/m000/s1. The van der Waals surface area contributed by atoms with E-state index in [0.717, 1.165) is 17.5 Å². The third-order valence-electron chi connectivity index (χ3n) is 9.90. The minimum absolute atomic E-state index is 0.00472. The minimum Gasteiger partial charge on any atom is -0.480 e. The highest BCUT2D eigenvalue weighted by Gasteiger charge is 2.29. The zero-order valence-electron chi connectivity index (χ0n) is 44.6. The number of carbonyl (C=O) groups excluding carboxylic acids is 7. The highest BCUT2D eigenvalue weighted by Crippen LogP contribution is 2.33. The fraction of sp³-hybridized carbons (Fsp3) is 0.600. The fourth-order valence-corrected chi connectivity index (χ4v) is 6.27. The maximum Gasteiger partial charge on any atom is 0.325 e. The van der Waals surface area contributed by atoms with Gasteiger partial charge in [-0.2, -0.15) is 0 Å². The van der Waals surface area contributed by atoms with Gasteiger partial charge in [0.15, 0.2) is 12.6 Å². The summed E-state index contributed by atoms with van der Waals surface area (Å²) < 4.78 is 21.7. The van der Waals surface area contributed by atoms with Gasteiger partial charge >= 0.3 is 29.6 Å². The van der Waals surface area contributed by atoms with Crippen LogP contribution >= 0.6 is 0 Å². The topological polar surface area (TPSA) is 304 Å². The highest BCUT2D eigenvalue weighted by molar-refractivity contribution is 6.40. The molecular formula is C50H82N8O13. The second-order valence-electron chi connectivity index (χ2n) is 18.2. The van der Waals surface area contributed by atoms with Gasteiger partial charge in [0.05, 0.1) is 12.1 Å². The molecule has 2 aromatic carbocycles. The molecule has 4 atom stereocenters. The van der Waals surface area contributed by atoms with Crippen LogP contribution in [0.3, 0.4) is 0 Å². The number of hydrogen-bond acceptors (Lipinski definition) is 13. The third-order valence-corrected chi connectivity index (χ3v) is 9.90. The van der Waals surface area contributed by atoms with Crippen LogP contribution in [-0.4, -0.2) is 116 Å². The summed E-state index contributed by atoms with van der Waals surface area (Å²) in [6.45, 7) is 30.8. The number of nitrogens with two attached hydrogens (primary N) is 1. The van der Waals surface area contributed by atoms with Crippen LogP contribution in [0.25, 0.3) is 0 Å². The van der Waals surface area contributed by atoms with Gasteiger partial charge in [-0.15, -0.1) is 0 Å². The van der Waals surface area contributed by atoms with Gasteiger partial charge in [-0.3, -0.25) is 38.4 Å². The number of rotatable bonds is 21. The van der Waals surface area contributed by atoms with E-state index in [1.54, 1.807) is 36.4 Å². The minimum atomic E-state index is -1.25. The molecule has 0 heterocycles. The number of aliphatic carboxylic acids is 1. The zero-order valence-corrected chi connectivity index (χ0v) is 44.6. The Hall–Kier alpha value is -6.00. The summed E-state index contributed by atoms with van der Waals surface area (Å²) >= 11 is 0. The van der Waals surface area contributed by atoms with Crippen molar-refractivity contribution in [3.05, 3.63) is 47.5 Å². The molecule has 0 aliphatic rings. The fourth-order valence-electron chi connectivity index (χ4n) is 6.27. The molecule has 2 aromatic rings. The number of anilines is 4. The van der Waals surface area contributed by atoms with Crippen LogP contribution in [0, 0.1) is 0 Å². The number of carboxylic acids is 1. The molecule has 21 nitrogen and oxygen atoms in total. The molecule has 0 aliphatic carbocycles. The molecule has 0 aliphatic heterocycles. The van der Waals surface area contributed by atoms with Gasteiger partial charge < -0.3 is 67.0 Å². The molecule has 71 heavy (non-hydrogen) atoms. The van der Waals surface area contributed by atoms with Crippen molar-refractivity contribution in [2.24, 2.45) is 5.73 Å². The number of ether oxygens (including phenoxy) is 4. The highest BCUT2D eigenvalue weighted by atomic mass is 16.7. The molecule has 0 bridgehead atoms. The van der Waals surface area contributed by atoms with Crippen LogP contribution in [-0.2, 0) is 68.1 Å². The summed E-state index contributed by atoms with van der Waals surface area (Å²) in [4.78, 5) is 95.2. The van der Waals surface area contributed by atoms with Gasteiger partial charge in [0.2, 0.25) is 17.7 Å². The lowest BCUT2D eigenvalue weighted by Crippen LogP contribution is -2.53. The number of carboxylic acid groups (broad SMARTS) is 1. The van der Waals surface area contributed by atoms with E-state index in [-0.39, 0.29) is 35.0 Å². The van der Waals surface area contributed by atoms with E-state index in [4.69, 9.17) is 29.8 Å². The first-order valence-electron chi connectivity index (χ1n) is 23.8. The lowest BCUT2D eigenvalue weighted by atomic mass is 9.85. The van der Waals surface area contributed by atoms with Gasteiger partial charge in [-0.05, 0) is 101 Å². The van der Waals surface area contributed by atoms with E-state index in [2.05, 4.69) is 37.2 Å². The van der Waals surface area contributed by atoms with E-state index < -0.39 is 59.9 Å². The van der Waals surface area contributed by atoms with Crippen molar-refractivity contribution in [2.75, 3.05) is 47.7 Å². The Morgan fingerprint density at radius 3 is 1.21 bits per heavy atom. The van der Waals surface area contributed by atoms with Crippen LogP contribution in [0.2, 0.25) is 0 Å². The van der Waals surface area contributed by atoms with E-state index in [9.17, 15) is 38.4 Å². The Morgan fingerprint density at radius 2 is 0.901 bits per heavy atom. The quantitative estimate of drug-likeness (QED) is 0.0569. The van der Waals surface area contributed by atoms with Crippen molar-refractivity contribution in [1.29, 1.82) is 0 Å². The van der Waals surface area contributed by atoms with Crippen LogP contribution < -0.4 is 43.0 Å². The average Bonchev–Trinajstić information content (AvgIpc) is 3.26. The monoisotopic (exact) mass is 1000 g/mol.